The largest absolute Gasteiger partial charge is 0.504 e. The quantitative estimate of drug-likeness (QED) is 0.856. The average Bonchev–Trinajstić information content (AvgIpc) is 2.70. The smallest absolute Gasteiger partial charge is 0.360 e. The summed E-state index contributed by atoms with van der Waals surface area (Å²) < 4.78 is 1.77. The molecule has 0 saturated heterocycles. The Balaban J connectivity index is 1.75. The van der Waals surface area contributed by atoms with Gasteiger partial charge in [-0.2, -0.15) is 5.10 Å². The predicted molar refractivity (Wildman–Crippen MR) is 67.0 cm³/mol. The first-order valence-corrected chi connectivity index (χ1v) is 7.08. The number of aromatic nitrogens is 2. The third-order valence-electron chi connectivity index (χ3n) is 5.39. The van der Waals surface area contributed by atoms with Crippen molar-refractivity contribution in [3.8, 4) is 5.75 Å². The fourth-order valence-electron chi connectivity index (χ4n) is 5.11. The van der Waals surface area contributed by atoms with Gasteiger partial charge in [-0.1, -0.05) is 0 Å². The van der Waals surface area contributed by atoms with Crippen LogP contribution in [-0.4, -0.2) is 26.0 Å². The fraction of sp³-hybridized carbons (Fsp3) is 0.714. The molecular weight excluding hydrogens is 244 g/mol. The molecule has 0 amide bonds. The minimum absolute atomic E-state index is 0.0278. The summed E-state index contributed by atoms with van der Waals surface area (Å²) in [5.74, 6) is 0.951. The van der Waals surface area contributed by atoms with Gasteiger partial charge in [-0.05, 0) is 56.3 Å². The number of hydrogen-bond donors (Lipinski definition) is 2. The maximum atomic E-state index is 11.0. The van der Waals surface area contributed by atoms with E-state index in [-0.39, 0.29) is 17.0 Å². The zero-order valence-electron chi connectivity index (χ0n) is 10.7. The van der Waals surface area contributed by atoms with Crippen LogP contribution in [0, 0.1) is 17.8 Å². The van der Waals surface area contributed by atoms with Crippen molar-refractivity contribution in [2.24, 2.45) is 17.8 Å². The summed E-state index contributed by atoms with van der Waals surface area (Å²) >= 11 is 0. The molecule has 5 heteroatoms. The number of rotatable bonds is 2. The van der Waals surface area contributed by atoms with E-state index in [0.717, 1.165) is 37.0 Å². The number of aromatic hydroxyl groups is 1. The summed E-state index contributed by atoms with van der Waals surface area (Å²) in [6.45, 7) is 0. The predicted octanol–water partition coefficient (Wildman–Crippen LogP) is 2.21. The van der Waals surface area contributed by atoms with Gasteiger partial charge in [0.2, 0.25) is 5.69 Å². The number of carbonyl (C=O) groups is 1. The van der Waals surface area contributed by atoms with Gasteiger partial charge in [0, 0.05) is 0 Å². The van der Waals surface area contributed by atoms with Gasteiger partial charge >= 0.3 is 5.97 Å². The van der Waals surface area contributed by atoms with Gasteiger partial charge in [0.1, 0.15) is 0 Å². The van der Waals surface area contributed by atoms with Crippen LogP contribution in [0.1, 0.15) is 49.0 Å². The van der Waals surface area contributed by atoms with Crippen molar-refractivity contribution in [3.63, 3.8) is 0 Å². The highest BCUT2D eigenvalue weighted by Crippen LogP contribution is 2.58. The van der Waals surface area contributed by atoms with Crippen molar-refractivity contribution in [1.29, 1.82) is 0 Å². The monoisotopic (exact) mass is 262 g/mol. The van der Waals surface area contributed by atoms with E-state index in [1.807, 2.05) is 0 Å². The lowest BCUT2D eigenvalue weighted by Gasteiger charge is -2.56. The van der Waals surface area contributed by atoms with Gasteiger partial charge in [-0.25, -0.2) is 4.79 Å². The summed E-state index contributed by atoms with van der Waals surface area (Å²) in [5, 5.41) is 22.9. The molecule has 0 aromatic carbocycles. The van der Waals surface area contributed by atoms with E-state index in [4.69, 9.17) is 5.11 Å². The first kappa shape index (κ1) is 11.3. The van der Waals surface area contributed by atoms with Crippen LogP contribution >= 0.6 is 0 Å². The van der Waals surface area contributed by atoms with Crippen molar-refractivity contribution in [2.75, 3.05) is 0 Å². The van der Waals surface area contributed by atoms with Crippen molar-refractivity contribution >= 4 is 5.97 Å². The topological polar surface area (TPSA) is 75.3 Å². The minimum Gasteiger partial charge on any atom is -0.504 e. The van der Waals surface area contributed by atoms with Gasteiger partial charge in [0.05, 0.1) is 11.7 Å². The molecule has 102 valence electrons. The molecule has 4 aliphatic rings. The Hall–Kier alpha value is -1.52. The van der Waals surface area contributed by atoms with E-state index < -0.39 is 5.97 Å². The lowest BCUT2D eigenvalue weighted by Crippen LogP contribution is -2.52. The molecule has 1 aromatic heterocycles. The van der Waals surface area contributed by atoms with Crippen molar-refractivity contribution in [3.05, 3.63) is 11.9 Å². The summed E-state index contributed by atoms with van der Waals surface area (Å²) in [6.07, 6.45) is 8.81. The van der Waals surface area contributed by atoms with Gasteiger partial charge in [0.25, 0.3) is 0 Å². The molecule has 5 rings (SSSR count). The molecule has 4 aliphatic carbocycles. The zero-order chi connectivity index (χ0) is 13.2. The van der Waals surface area contributed by atoms with Crippen LogP contribution in [0.4, 0.5) is 0 Å². The maximum Gasteiger partial charge on any atom is 0.360 e. The third-order valence-corrected chi connectivity index (χ3v) is 5.39. The Morgan fingerprint density at radius 2 is 1.74 bits per heavy atom. The van der Waals surface area contributed by atoms with E-state index in [9.17, 15) is 9.90 Å². The fourth-order valence-corrected chi connectivity index (χ4v) is 5.11. The minimum atomic E-state index is -1.15. The molecule has 4 fully saturated rings. The molecule has 4 saturated carbocycles. The van der Waals surface area contributed by atoms with Crippen LogP contribution < -0.4 is 0 Å². The van der Waals surface area contributed by atoms with Crippen molar-refractivity contribution < 1.29 is 15.0 Å². The molecular formula is C14H18N2O3. The van der Waals surface area contributed by atoms with E-state index >= 15 is 0 Å². The van der Waals surface area contributed by atoms with Gasteiger partial charge in [-0.3, -0.25) is 4.68 Å². The maximum absolute atomic E-state index is 11.0. The van der Waals surface area contributed by atoms with E-state index in [0.29, 0.717) is 0 Å². The summed E-state index contributed by atoms with van der Waals surface area (Å²) in [4.78, 5) is 11.0. The van der Waals surface area contributed by atoms with E-state index in [1.54, 1.807) is 4.68 Å². The van der Waals surface area contributed by atoms with Gasteiger partial charge in [-0.15, -0.1) is 0 Å². The summed E-state index contributed by atoms with van der Waals surface area (Å²) in [7, 11) is 0. The molecule has 0 radical (unpaired) electrons. The number of nitrogens with zero attached hydrogens (tertiary/aromatic N) is 2. The second-order valence-corrected chi connectivity index (χ2v) is 6.75. The summed E-state index contributed by atoms with van der Waals surface area (Å²) in [6, 6.07) is 0. The molecule has 5 nitrogen and oxygen atoms in total. The average molecular weight is 262 g/mol. The molecule has 0 spiro atoms. The Labute approximate surface area is 111 Å². The standard InChI is InChI=1S/C14H18N2O3/c17-11-7-16(15-12(11)13(18)19)14-4-8-1-9(5-14)3-10(2-8)6-14/h7-10,17H,1-6H2,(H,18,19). The Morgan fingerprint density at radius 3 is 2.16 bits per heavy atom. The van der Waals surface area contributed by atoms with Gasteiger partial charge in [0.15, 0.2) is 5.75 Å². The zero-order valence-corrected chi connectivity index (χ0v) is 10.7. The normalized spacial score (nSPS) is 39.7. The van der Waals surface area contributed by atoms with E-state index in [2.05, 4.69) is 5.10 Å². The first-order valence-electron chi connectivity index (χ1n) is 7.08. The number of carboxylic acids is 1. The molecule has 0 atom stereocenters. The van der Waals surface area contributed by atoms with Crippen LogP contribution in [0.2, 0.25) is 0 Å². The lowest BCUT2D eigenvalue weighted by atomic mass is 9.53. The van der Waals surface area contributed by atoms with Crippen molar-refractivity contribution in [1.82, 2.24) is 9.78 Å². The van der Waals surface area contributed by atoms with E-state index in [1.165, 1.54) is 25.5 Å². The highest BCUT2D eigenvalue weighted by atomic mass is 16.4. The molecule has 19 heavy (non-hydrogen) atoms. The first-order chi connectivity index (χ1) is 9.06. The number of carboxylic acid groups (broad SMARTS) is 1. The van der Waals surface area contributed by atoms with Crippen LogP contribution in [0.15, 0.2) is 6.20 Å². The second kappa shape index (κ2) is 3.52. The SMILES string of the molecule is O=C(O)c1nn(C23CC4CC(CC(C4)C2)C3)cc1O. The highest BCUT2D eigenvalue weighted by molar-refractivity contribution is 5.88. The molecule has 4 bridgehead atoms. The van der Waals surface area contributed by atoms with Gasteiger partial charge < -0.3 is 10.2 Å². The molecule has 1 heterocycles. The second-order valence-electron chi connectivity index (χ2n) is 6.75. The molecule has 0 aliphatic heterocycles. The number of hydrogen-bond acceptors (Lipinski definition) is 3. The Morgan fingerprint density at radius 1 is 1.21 bits per heavy atom. The van der Waals surface area contributed by atoms with Crippen molar-refractivity contribution in [2.45, 2.75) is 44.1 Å². The third kappa shape index (κ3) is 1.53. The molecule has 2 N–H and O–H groups in total. The highest BCUT2D eigenvalue weighted by Gasteiger charge is 2.52. The summed E-state index contributed by atoms with van der Waals surface area (Å²) in [5.41, 5.74) is -0.240. The van der Waals surface area contributed by atoms with Crippen LogP contribution in [0.25, 0.3) is 0 Å². The van der Waals surface area contributed by atoms with Crippen LogP contribution in [-0.2, 0) is 5.54 Å². The Bertz CT molecular complexity index is 514. The molecule has 1 aromatic rings. The van der Waals surface area contributed by atoms with Crippen LogP contribution in [0.5, 0.6) is 5.75 Å². The Kier molecular flexibility index (Phi) is 2.10. The molecule has 0 unspecified atom stereocenters. The lowest BCUT2D eigenvalue weighted by molar-refractivity contribution is -0.0496. The number of aromatic carboxylic acids is 1. The van der Waals surface area contributed by atoms with Crippen LogP contribution in [0.3, 0.4) is 0 Å².